The Hall–Kier alpha value is -2.50. The number of nitrogens with two attached hydrogens (primary N) is 2. The number of Topliss-reactive ketones (excluding diaryl/α,β-unsaturated/α-hetero) is 1. The van der Waals surface area contributed by atoms with Crippen LogP contribution in [0.15, 0.2) is 30.1 Å². The van der Waals surface area contributed by atoms with E-state index in [1.165, 1.54) is 4.68 Å². The lowest BCUT2D eigenvalue weighted by Crippen LogP contribution is -2.33. The van der Waals surface area contributed by atoms with Crippen LogP contribution in [-0.4, -0.2) is 32.9 Å². The third kappa shape index (κ3) is 1.94. The lowest BCUT2D eigenvalue weighted by atomic mass is 10.2. The average Bonchev–Trinajstić information content (AvgIpc) is 2.96. The highest BCUT2D eigenvalue weighted by atomic mass is 16.1. The molecule has 6 heteroatoms. The van der Waals surface area contributed by atoms with Crippen molar-refractivity contribution in [3.05, 3.63) is 35.9 Å². The van der Waals surface area contributed by atoms with Crippen molar-refractivity contribution in [1.82, 2.24) is 14.6 Å². The van der Waals surface area contributed by atoms with Crippen LogP contribution in [-0.2, 0) is 4.79 Å². The highest BCUT2D eigenvalue weighted by Gasteiger charge is 2.34. The summed E-state index contributed by atoms with van der Waals surface area (Å²) < 4.78 is 1.44. The molecule has 2 heterocycles. The Labute approximate surface area is 123 Å². The number of hydrogen-bond donors (Lipinski definition) is 2. The van der Waals surface area contributed by atoms with Gasteiger partial charge in [-0.2, -0.15) is 0 Å². The molecule has 21 heavy (non-hydrogen) atoms. The number of fused-ring (bicyclic) bond motifs is 1. The lowest BCUT2D eigenvalue weighted by molar-refractivity contribution is -0.113. The average molecular weight is 285 g/mol. The second-order valence-electron chi connectivity index (χ2n) is 5.36. The summed E-state index contributed by atoms with van der Waals surface area (Å²) in [7, 11) is 0. The van der Waals surface area contributed by atoms with Gasteiger partial charge in [-0.15, -0.1) is 0 Å². The molecule has 0 bridgehead atoms. The summed E-state index contributed by atoms with van der Waals surface area (Å²) in [5, 5.41) is 0. The molecule has 2 aromatic rings. The predicted octanol–water partition coefficient (Wildman–Crippen LogP) is 1.06. The van der Waals surface area contributed by atoms with E-state index in [4.69, 9.17) is 11.6 Å². The number of benzene rings is 1. The van der Waals surface area contributed by atoms with Gasteiger partial charge in [-0.3, -0.25) is 4.79 Å². The number of imidazole rings is 1. The molecule has 0 radical (unpaired) electrons. The van der Waals surface area contributed by atoms with Crippen molar-refractivity contribution in [3.8, 4) is 0 Å². The van der Waals surface area contributed by atoms with Gasteiger partial charge >= 0.3 is 0 Å². The van der Waals surface area contributed by atoms with E-state index in [0.29, 0.717) is 23.8 Å². The maximum Gasteiger partial charge on any atom is 0.189 e. The summed E-state index contributed by atoms with van der Waals surface area (Å²) in [6.45, 7) is 4.41. The lowest BCUT2D eigenvalue weighted by Gasteiger charge is -2.25. The molecule has 6 nitrogen and oxygen atoms in total. The molecule has 0 spiro atoms. The van der Waals surface area contributed by atoms with E-state index in [1.54, 1.807) is 0 Å². The van der Waals surface area contributed by atoms with Crippen molar-refractivity contribution < 1.29 is 4.79 Å². The van der Waals surface area contributed by atoms with Gasteiger partial charge in [-0.05, 0) is 25.5 Å². The zero-order valence-electron chi connectivity index (χ0n) is 12.2. The van der Waals surface area contributed by atoms with E-state index in [9.17, 15) is 4.79 Å². The quantitative estimate of drug-likeness (QED) is 0.823. The van der Waals surface area contributed by atoms with Crippen LogP contribution in [0.4, 0.5) is 0 Å². The van der Waals surface area contributed by atoms with E-state index < -0.39 is 0 Å². The van der Waals surface area contributed by atoms with E-state index >= 15 is 0 Å². The molecular formula is C15H19N5O. The maximum absolute atomic E-state index is 12.4. The third-order valence-corrected chi connectivity index (χ3v) is 4.10. The first kappa shape index (κ1) is 13.5. The molecule has 110 valence electrons. The number of carbonyl (C=O) groups excluding carboxylic acids is 1. The highest BCUT2D eigenvalue weighted by Crippen LogP contribution is 2.28. The summed E-state index contributed by atoms with van der Waals surface area (Å²) in [4.78, 5) is 18.7. The second kappa shape index (κ2) is 4.80. The smallest absolute Gasteiger partial charge is 0.189 e. The van der Waals surface area contributed by atoms with Crippen LogP contribution in [0.3, 0.4) is 0 Å². The Morgan fingerprint density at radius 3 is 2.76 bits per heavy atom. The fraction of sp³-hybridized carbons (Fsp3) is 0.333. The fourth-order valence-electron chi connectivity index (χ4n) is 2.68. The largest absolute Gasteiger partial charge is 0.385 e. The fourth-order valence-corrected chi connectivity index (χ4v) is 2.68. The minimum atomic E-state index is -0.0326. The van der Waals surface area contributed by atoms with Crippen molar-refractivity contribution in [2.24, 2.45) is 5.73 Å². The molecule has 0 aliphatic carbocycles. The first-order valence-corrected chi connectivity index (χ1v) is 7.07. The molecule has 0 fully saturated rings. The van der Waals surface area contributed by atoms with Gasteiger partial charge in [-0.25, -0.2) is 9.66 Å². The number of hydrogen-bond acceptors (Lipinski definition) is 5. The third-order valence-electron chi connectivity index (χ3n) is 4.10. The van der Waals surface area contributed by atoms with Crippen molar-refractivity contribution in [1.29, 1.82) is 0 Å². The normalized spacial score (nSPS) is 17.0. The SMILES string of the molecule is CCC(C)N1CC(=O)C(c2nc3ccccc3n2N)=C1N. The van der Waals surface area contributed by atoms with Crippen molar-refractivity contribution >= 4 is 22.4 Å². The molecule has 0 saturated heterocycles. The van der Waals surface area contributed by atoms with Crippen molar-refractivity contribution in [3.63, 3.8) is 0 Å². The Bertz CT molecular complexity index is 746. The Kier molecular flexibility index (Phi) is 3.08. The molecular weight excluding hydrogens is 266 g/mol. The summed E-state index contributed by atoms with van der Waals surface area (Å²) in [6.07, 6.45) is 0.917. The molecule has 1 aromatic heterocycles. The van der Waals surface area contributed by atoms with Gasteiger partial charge in [0.15, 0.2) is 11.6 Å². The minimum Gasteiger partial charge on any atom is -0.385 e. The van der Waals surface area contributed by atoms with E-state index in [2.05, 4.69) is 18.8 Å². The molecule has 1 unspecified atom stereocenters. The van der Waals surface area contributed by atoms with Crippen LogP contribution in [0.5, 0.6) is 0 Å². The Morgan fingerprint density at radius 2 is 2.10 bits per heavy atom. The topological polar surface area (TPSA) is 90.2 Å². The van der Waals surface area contributed by atoms with E-state index in [1.807, 2.05) is 29.2 Å². The number of para-hydroxylation sites is 2. The van der Waals surface area contributed by atoms with Gasteiger partial charge in [0, 0.05) is 6.04 Å². The number of nitrogens with zero attached hydrogens (tertiary/aromatic N) is 3. The van der Waals surface area contributed by atoms with Crippen LogP contribution >= 0.6 is 0 Å². The maximum atomic E-state index is 12.4. The molecule has 3 rings (SSSR count). The van der Waals surface area contributed by atoms with Gasteiger partial charge in [0.1, 0.15) is 11.4 Å². The summed E-state index contributed by atoms with van der Waals surface area (Å²) in [5.41, 5.74) is 8.15. The molecule has 4 N–H and O–H groups in total. The molecule has 1 aliphatic heterocycles. The Morgan fingerprint density at radius 1 is 1.38 bits per heavy atom. The van der Waals surface area contributed by atoms with Gasteiger partial charge in [0.05, 0.1) is 17.6 Å². The standard InChI is InChI=1S/C15H19N5O/c1-3-9(2)19-8-12(21)13(14(19)16)15-18-10-6-4-5-7-11(10)20(15)17/h4-7,9H,3,8,16-17H2,1-2H3. The van der Waals surface area contributed by atoms with Crippen LogP contribution in [0.1, 0.15) is 26.1 Å². The number of rotatable bonds is 3. The zero-order valence-corrected chi connectivity index (χ0v) is 12.2. The van der Waals surface area contributed by atoms with Crippen LogP contribution in [0, 0.1) is 0 Å². The van der Waals surface area contributed by atoms with Crippen LogP contribution in [0.2, 0.25) is 0 Å². The van der Waals surface area contributed by atoms with Gasteiger partial charge in [0.2, 0.25) is 0 Å². The van der Waals surface area contributed by atoms with Crippen LogP contribution in [0.25, 0.3) is 16.6 Å². The molecule has 0 saturated carbocycles. The summed E-state index contributed by atoms with van der Waals surface area (Å²) >= 11 is 0. The molecule has 1 aliphatic rings. The van der Waals surface area contributed by atoms with Gasteiger partial charge in [-0.1, -0.05) is 19.1 Å². The predicted molar refractivity (Wildman–Crippen MR) is 82.5 cm³/mol. The van der Waals surface area contributed by atoms with Crippen LogP contribution < -0.4 is 11.6 Å². The monoisotopic (exact) mass is 285 g/mol. The minimum absolute atomic E-state index is 0.0326. The Balaban J connectivity index is 2.15. The molecule has 0 amide bonds. The molecule has 1 atom stereocenters. The van der Waals surface area contributed by atoms with Crippen molar-refractivity contribution in [2.75, 3.05) is 12.4 Å². The van der Waals surface area contributed by atoms with Crippen molar-refractivity contribution in [2.45, 2.75) is 26.3 Å². The number of carbonyl (C=O) groups is 1. The first-order valence-electron chi connectivity index (χ1n) is 7.07. The number of ketones is 1. The van der Waals surface area contributed by atoms with Gasteiger partial charge in [0.25, 0.3) is 0 Å². The number of aromatic nitrogens is 2. The molecule has 1 aromatic carbocycles. The summed E-state index contributed by atoms with van der Waals surface area (Å²) in [5.74, 6) is 6.96. The first-order chi connectivity index (χ1) is 10.0. The second-order valence-corrected chi connectivity index (χ2v) is 5.36. The zero-order chi connectivity index (χ0) is 15.1. The van der Waals surface area contributed by atoms with Gasteiger partial charge < -0.3 is 16.5 Å². The summed E-state index contributed by atoms with van der Waals surface area (Å²) in [6, 6.07) is 7.72. The van der Waals surface area contributed by atoms with E-state index in [0.717, 1.165) is 17.5 Å². The highest BCUT2D eigenvalue weighted by molar-refractivity contribution is 6.24. The van der Waals surface area contributed by atoms with E-state index in [-0.39, 0.29) is 11.8 Å². The number of nitrogen functional groups attached to an aromatic ring is 1.